The van der Waals surface area contributed by atoms with Gasteiger partial charge in [0, 0.05) is 25.7 Å². The maximum atomic E-state index is 10.5. The third-order valence-electron chi connectivity index (χ3n) is 3.36. The summed E-state index contributed by atoms with van der Waals surface area (Å²) in [6.07, 6.45) is 2.37. The third kappa shape index (κ3) is 5.48. The van der Waals surface area contributed by atoms with E-state index in [0.29, 0.717) is 12.5 Å². The lowest BCUT2D eigenvalue weighted by atomic mass is 9.89. The van der Waals surface area contributed by atoms with E-state index in [2.05, 4.69) is 4.90 Å². The summed E-state index contributed by atoms with van der Waals surface area (Å²) < 4.78 is 0. The molecule has 4 N–H and O–H groups in total. The molecule has 0 spiro atoms. The minimum absolute atomic E-state index is 0.103. The van der Waals surface area contributed by atoms with Gasteiger partial charge in [-0.05, 0) is 25.2 Å². The fourth-order valence-corrected chi connectivity index (χ4v) is 2.51. The summed E-state index contributed by atoms with van der Waals surface area (Å²) in [5, 5.41) is 18.3. The molecule has 0 aliphatic carbocycles. The molecule has 5 heteroatoms. The standard InChI is InChI=1S/C12H24N2O3/c1-2-11(15)6-9-5-10(13)8-14(7-9)4-3-12(16)17/h9-11,15H,2-8,13H2,1H3,(H,16,17). The van der Waals surface area contributed by atoms with Crippen LogP contribution in [0.2, 0.25) is 0 Å². The zero-order valence-electron chi connectivity index (χ0n) is 10.5. The topological polar surface area (TPSA) is 86.8 Å². The van der Waals surface area contributed by atoms with Gasteiger partial charge in [0.25, 0.3) is 0 Å². The van der Waals surface area contributed by atoms with Gasteiger partial charge in [-0.3, -0.25) is 4.79 Å². The van der Waals surface area contributed by atoms with Crippen LogP contribution in [0.3, 0.4) is 0 Å². The van der Waals surface area contributed by atoms with Crippen molar-refractivity contribution in [3.8, 4) is 0 Å². The highest BCUT2D eigenvalue weighted by molar-refractivity contribution is 5.66. The molecule has 1 aliphatic rings. The first-order valence-electron chi connectivity index (χ1n) is 6.39. The van der Waals surface area contributed by atoms with E-state index in [4.69, 9.17) is 10.8 Å². The number of likely N-dealkylation sites (tertiary alicyclic amines) is 1. The van der Waals surface area contributed by atoms with E-state index in [1.807, 2.05) is 6.92 Å². The van der Waals surface area contributed by atoms with Gasteiger partial charge in [0.05, 0.1) is 12.5 Å². The summed E-state index contributed by atoms with van der Waals surface area (Å²) in [4.78, 5) is 12.6. The Balaban J connectivity index is 2.38. The molecule has 100 valence electrons. The normalized spacial score (nSPS) is 27.9. The lowest BCUT2D eigenvalue weighted by molar-refractivity contribution is -0.137. The maximum Gasteiger partial charge on any atom is 0.304 e. The first-order chi connectivity index (χ1) is 8.01. The van der Waals surface area contributed by atoms with Gasteiger partial charge in [0.2, 0.25) is 0 Å². The number of rotatable bonds is 6. The van der Waals surface area contributed by atoms with Gasteiger partial charge in [-0.15, -0.1) is 0 Å². The zero-order chi connectivity index (χ0) is 12.8. The Morgan fingerprint density at radius 2 is 2.24 bits per heavy atom. The number of aliphatic hydroxyl groups excluding tert-OH is 1. The first kappa shape index (κ1) is 14.4. The van der Waals surface area contributed by atoms with Crippen LogP contribution < -0.4 is 5.73 Å². The second-order valence-corrected chi connectivity index (χ2v) is 5.06. The van der Waals surface area contributed by atoms with Gasteiger partial charge in [-0.2, -0.15) is 0 Å². The van der Waals surface area contributed by atoms with Gasteiger partial charge in [-0.25, -0.2) is 0 Å². The maximum absolute atomic E-state index is 10.5. The predicted molar refractivity (Wildman–Crippen MR) is 65.7 cm³/mol. The van der Waals surface area contributed by atoms with E-state index in [0.717, 1.165) is 32.4 Å². The van der Waals surface area contributed by atoms with Crippen molar-refractivity contribution in [1.29, 1.82) is 0 Å². The van der Waals surface area contributed by atoms with Gasteiger partial charge in [0.15, 0.2) is 0 Å². The van der Waals surface area contributed by atoms with E-state index in [-0.39, 0.29) is 18.6 Å². The summed E-state index contributed by atoms with van der Waals surface area (Å²) >= 11 is 0. The molecule has 1 saturated heterocycles. The highest BCUT2D eigenvalue weighted by Gasteiger charge is 2.26. The van der Waals surface area contributed by atoms with Crippen molar-refractivity contribution in [2.24, 2.45) is 11.7 Å². The lowest BCUT2D eigenvalue weighted by Crippen LogP contribution is -2.48. The van der Waals surface area contributed by atoms with Crippen molar-refractivity contribution in [2.45, 2.75) is 44.8 Å². The van der Waals surface area contributed by atoms with E-state index in [1.54, 1.807) is 0 Å². The summed E-state index contributed by atoms with van der Waals surface area (Å²) in [6.45, 7) is 4.15. The monoisotopic (exact) mass is 244 g/mol. The molecular formula is C12H24N2O3. The number of hydrogen-bond acceptors (Lipinski definition) is 4. The van der Waals surface area contributed by atoms with Crippen molar-refractivity contribution in [3.05, 3.63) is 0 Å². The van der Waals surface area contributed by atoms with Gasteiger partial charge < -0.3 is 20.8 Å². The molecular weight excluding hydrogens is 220 g/mol. The molecule has 5 nitrogen and oxygen atoms in total. The van der Waals surface area contributed by atoms with Crippen molar-refractivity contribution in [1.82, 2.24) is 4.90 Å². The predicted octanol–water partition coefficient (Wildman–Crippen LogP) is 0.271. The Labute approximate surface area is 103 Å². The number of carboxylic acid groups (broad SMARTS) is 1. The van der Waals surface area contributed by atoms with Crippen LogP contribution in [0, 0.1) is 5.92 Å². The van der Waals surface area contributed by atoms with E-state index in [9.17, 15) is 9.90 Å². The number of hydrogen-bond donors (Lipinski definition) is 3. The number of carbonyl (C=O) groups is 1. The van der Waals surface area contributed by atoms with Crippen LogP contribution in [-0.4, -0.2) is 52.9 Å². The summed E-state index contributed by atoms with van der Waals surface area (Å²) in [5.74, 6) is -0.378. The van der Waals surface area contributed by atoms with Crippen molar-refractivity contribution >= 4 is 5.97 Å². The molecule has 0 aromatic rings. The fraction of sp³-hybridized carbons (Fsp3) is 0.917. The molecule has 1 heterocycles. The molecule has 0 aromatic heterocycles. The largest absolute Gasteiger partial charge is 0.481 e. The number of nitrogens with zero attached hydrogens (tertiary/aromatic N) is 1. The molecule has 1 aliphatic heterocycles. The van der Waals surface area contributed by atoms with Crippen LogP contribution in [0.25, 0.3) is 0 Å². The lowest BCUT2D eigenvalue weighted by Gasteiger charge is -2.36. The highest BCUT2D eigenvalue weighted by atomic mass is 16.4. The third-order valence-corrected chi connectivity index (χ3v) is 3.36. The number of nitrogens with two attached hydrogens (primary N) is 1. The molecule has 1 rings (SSSR count). The van der Waals surface area contributed by atoms with Crippen molar-refractivity contribution in [2.75, 3.05) is 19.6 Å². The number of carboxylic acids is 1. The Kier molecular flexibility index (Phi) is 5.88. The quantitative estimate of drug-likeness (QED) is 0.624. The Morgan fingerprint density at radius 3 is 2.82 bits per heavy atom. The molecule has 0 bridgehead atoms. The smallest absolute Gasteiger partial charge is 0.304 e. The fourth-order valence-electron chi connectivity index (χ4n) is 2.51. The SMILES string of the molecule is CCC(O)CC1CC(N)CN(CCC(=O)O)C1. The average molecular weight is 244 g/mol. The van der Waals surface area contributed by atoms with Crippen molar-refractivity contribution < 1.29 is 15.0 Å². The molecule has 17 heavy (non-hydrogen) atoms. The highest BCUT2D eigenvalue weighted by Crippen LogP contribution is 2.21. The summed E-state index contributed by atoms with van der Waals surface area (Å²) in [5.41, 5.74) is 5.97. The van der Waals surface area contributed by atoms with E-state index >= 15 is 0 Å². The Bertz CT molecular complexity index is 248. The molecule has 3 atom stereocenters. The van der Waals surface area contributed by atoms with Crippen LogP contribution in [0.1, 0.15) is 32.6 Å². The Hall–Kier alpha value is -0.650. The van der Waals surface area contributed by atoms with Crippen LogP contribution in [0.5, 0.6) is 0 Å². The van der Waals surface area contributed by atoms with Crippen LogP contribution in [0.15, 0.2) is 0 Å². The molecule has 3 unspecified atom stereocenters. The molecule has 0 amide bonds. The average Bonchev–Trinajstić information content (AvgIpc) is 2.25. The van der Waals surface area contributed by atoms with Crippen molar-refractivity contribution in [3.63, 3.8) is 0 Å². The molecule has 1 fully saturated rings. The number of piperidine rings is 1. The minimum atomic E-state index is -0.769. The molecule has 0 radical (unpaired) electrons. The summed E-state index contributed by atoms with van der Waals surface area (Å²) in [7, 11) is 0. The second-order valence-electron chi connectivity index (χ2n) is 5.06. The van der Waals surface area contributed by atoms with Gasteiger partial charge in [0.1, 0.15) is 0 Å². The van der Waals surface area contributed by atoms with Gasteiger partial charge >= 0.3 is 5.97 Å². The second kappa shape index (κ2) is 6.93. The van der Waals surface area contributed by atoms with Crippen LogP contribution >= 0.6 is 0 Å². The zero-order valence-corrected chi connectivity index (χ0v) is 10.5. The molecule has 0 aromatic carbocycles. The number of aliphatic carboxylic acids is 1. The van der Waals surface area contributed by atoms with E-state index in [1.165, 1.54) is 0 Å². The van der Waals surface area contributed by atoms with Gasteiger partial charge in [-0.1, -0.05) is 6.92 Å². The number of aliphatic hydroxyl groups is 1. The summed E-state index contributed by atoms with van der Waals surface area (Å²) in [6, 6.07) is 0.103. The van der Waals surface area contributed by atoms with E-state index < -0.39 is 5.97 Å². The Morgan fingerprint density at radius 1 is 1.53 bits per heavy atom. The molecule has 0 saturated carbocycles. The van der Waals surface area contributed by atoms with Crippen LogP contribution in [0.4, 0.5) is 0 Å². The minimum Gasteiger partial charge on any atom is -0.481 e. The first-order valence-corrected chi connectivity index (χ1v) is 6.39. The van der Waals surface area contributed by atoms with Crippen LogP contribution in [-0.2, 0) is 4.79 Å².